The van der Waals surface area contributed by atoms with Crippen molar-refractivity contribution in [2.45, 2.75) is 25.9 Å². The summed E-state index contributed by atoms with van der Waals surface area (Å²) in [7, 11) is 0. The van der Waals surface area contributed by atoms with Gasteiger partial charge in [0.2, 0.25) is 0 Å². The molecule has 1 aromatic carbocycles. The summed E-state index contributed by atoms with van der Waals surface area (Å²) in [5.41, 5.74) is 2.37. The highest BCUT2D eigenvalue weighted by Crippen LogP contribution is 2.15. The summed E-state index contributed by atoms with van der Waals surface area (Å²) in [5, 5.41) is 4.71. The van der Waals surface area contributed by atoms with Gasteiger partial charge in [0.05, 0.1) is 11.8 Å². The van der Waals surface area contributed by atoms with E-state index in [0.717, 1.165) is 38.0 Å². The van der Waals surface area contributed by atoms with E-state index < -0.39 is 0 Å². The van der Waals surface area contributed by atoms with Gasteiger partial charge in [-0.15, -0.1) is 0 Å². The summed E-state index contributed by atoms with van der Waals surface area (Å²) in [6, 6.07) is 10.4. The van der Waals surface area contributed by atoms with Crippen LogP contribution in [0.1, 0.15) is 18.4 Å². The van der Waals surface area contributed by atoms with Gasteiger partial charge in [-0.05, 0) is 31.0 Å². The van der Waals surface area contributed by atoms with Crippen molar-refractivity contribution in [2.24, 2.45) is 0 Å². The van der Waals surface area contributed by atoms with Crippen molar-refractivity contribution in [3.63, 3.8) is 0 Å². The normalized spacial score (nSPS) is 11.0. The maximum Gasteiger partial charge on any atom is 0.0945 e. The molecule has 21 heavy (non-hydrogen) atoms. The lowest BCUT2D eigenvalue weighted by molar-refractivity contribution is 0.568. The minimum Gasteiger partial charge on any atom is -0.337 e. The number of nitrogens with zero attached hydrogens (tertiary/aromatic N) is 3. The van der Waals surface area contributed by atoms with Gasteiger partial charge in [-0.25, -0.2) is 4.98 Å². The third kappa shape index (κ3) is 3.67. The first kappa shape index (κ1) is 13.8. The first-order chi connectivity index (χ1) is 10.4. The van der Waals surface area contributed by atoms with Crippen molar-refractivity contribution in [1.82, 2.24) is 19.9 Å². The van der Waals surface area contributed by atoms with Crippen LogP contribution in [0.2, 0.25) is 0 Å². The largest absolute Gasteiger partial charge is 0.337 e. The van der Waals surface area contributed by atoms with Crippen molar-refractivity contribution in [1.29, 1.82) is 0 Å². The van der Waals surface area contributed by atoms with E-state index in [9.17, 15) is 0 Å². The maximum atomic E-state index is 4.48. The quantitative estimate of drug-likeness (QED) is 0.677. The predicted molar refractivity (Wildman–Crippen MR) is 84.9 cm³/mol. The number of aromatic nitrogens is 3. The van der Waals surface area contributed by atoms with Crippen LogP contribution in [-0.2, 0) is 13.1 Å². The number of benzene rings is 1. The van der Waals surface area contributed by atoms with Crippen molar-refractivity contribution in [3.05, 3.63) is 60.8 Å². The van der Waals surface area contributed by atoms with Crippen LogP contribution in [0.4, 0.5) is 0 Å². The number of pyridine rings is 1. The molecule has 2 aromatic heterocycles. The van der Waals surface area contributed by atoms with Gasteiger partial charge in [-0.1, -0.05) is 24.3 Å². The van der Waals surface area contributed by atoms with E-state index in [0.29, 0.717) is 0 Å². The Bertz CT molecular complexity index is 671. The Morgan fingerprint density at radius 1 is 1.05 bits per heavy atom. The summed E-state index contributed by atoms with van der Waals surface area (Å²) >= 11 is 0. The fourth-order valence-corrected chi connectivity index (χ4v) is 2.50. The monoisotopic (exact) mass is 280 g/mol. The highest BCUT2D eigenvalue weighted by molar-refractivity contribution is 5.81. The van der Waals surface area contributed by atoms with E-state index >= 15 is 0 Å². The van der Waals surface area contributed by atoms with Gasteiger partial charge in [-0.2, -0.15) is 0 Å². The molecule has 4 nitrogen and oxygen atoms in total. The molecule has 1 N–H and O–H groups in total. The van der Waals surface area contributed by atoms with Crippen LogP contribution >= 0.6 is 0 Å². The van der Waals surface area contributed by atoms with Crippen molar-refractivity contribution in [3.8, 4) is 0 Å². The molecule has 0 aliphatic rings. The lowest BCUT2D eigenvalue weighted by Gasteiger charge is -2.08. The number of hydrogen-bond acceptors (Lipinski definition) is 3. The molecular weight excluding hydrogens is 260 g/mol. The molecular formula is C17H20N4. The van der Waals surface area contributed by atoms with Crippen LogP contribution in [0.3, 0.4) is 0 Å². The van der Waals surface area contributed by atoms with Crippen LogP contribution in [0.15, 0.2) is 55.2 Å². The molecule has 0 atom stereocenters. The molecule has 3 aromatic rings. The molecule has 0 amide bonds. The number of rotatable bonds is 7. The molecule has 0 aliphatic heterocycles. The molecule has 0 radical (unpaired) electrons. The van der Waals surface area contributed by atoms with Gasteiger partial charge in [0, 0.05) is 37.1 Å². The first-order valence-corrected chi connectivity index (χ1v) is 7.42. The lowest BCUT2D eigenvalue weighted by atomic mass is 10.1. The zero-order chi connectivity index (χ0) is 14.3. The minimum atomic E-state index is 0.874. The van der Waals surface area contributed by atoms with E-state index in [-0.39, 0.29) is 0 Å². The van der Waals surface area contributed by atoms with Gasteiger partial charge in [-0.3, -0.25) is 4.98 Å². The Hall–Kier alpha value is -2.20. The van der Waals surface area contributed by atoms with E-state index in [1.807, 2.05) is 31.0 Å². The molecule has 4 heteroatoms. The Labute approximate surface area is 124 Å². The molecule has 0 unspecified atom stereocenters. The molecule has 0 fully saturated rings. The number of para-hydroxylation sites is 1. The molecule has 3 rings (SSSR count). The Kier molecular flexibility index (Phi) is 4.59. The summed E-state index contributed by atoms with van der Waals surface area (Å²) in [6.07, 6.45) is 9.89. The molecule has 0 saturated heterocycles. The molecule has 0 spiro atoms. The number of unbranched alkanes of at least 4 members (excludes halogenated alkanes) is 1. The zero-order valence-corrected chi connectivity index (χ0v) is 12.1. The van der Waals surface area contributed by atoms with Crippen LogP contribution in [0, 0.1) is 0 Å². The topological polar surface area (TPSA) is 42.7 Å². The van der Waals surface area contributed by atoms with Crippen molar-refractivity contribution >= 4 is 10.9 Å². The third-order valence-electron chi connectivity index (χ3n) is 3.61. The Balaban J connectivity index is 1.44. The predicted octanol–water partition coefficient (Wildman–Crippen LogP) is 3.00. The molecule has 0 bridgehead atoms. The van der Waals surface area contributed by atoms with Gasteiger partial charge in [0.1, 0.15) is 0 Å². The van der Waals surface area contributed by atoms with Crippen LogP contribution in [0.5, 0.6) is 0 Å². The average Bonchev–Trinajstić information content (AvgIpc) is 3.04. The number of hydrogen-bond donors (Lipinski definition) is 1. The highest BCUT2D eigenvalue weighted by Gasteiger charge is 2.00. The minimum absolute atomic E-state index is 0.874. The van der Waals surface area contributed by atoms with Gasteiger partial charge in [0.15, 0.2) is 0 Å². The zero-order valence-electron chi connectivity index (χ0n) is 12.1. The van der Waals surface area contributed by atoms with Gasteiger partial charge in [0.25, 0.3) is 0 Å². The van der Waals surface area contributed by atoms with Crippen molar-refractivity contribution < 1.29 is 0 Å². The number of nitrogens with one attached hydrogen (secondary N) is 1. The average molecular weight is 280 g/mol. The maximum absolute atomic E-state index is 4.48. The Morgan fingerprint density at radius 2 is 2.00 bits per heavy atom. The smallest absolute Gasteiger partial charge is 0.0945 e. The first-order valence-electron chi connectivity index (χ1n) is 7.42. The van der Waals surface area contributed by atoms with E-state index in [1.54, 1.807) is 0 Å². The second kappa shape index (κ2) is 6.99. The van der Waals surface area contributed by atoms with Crippen molar-refractivity contribution in [2.75, 3.05) is 6.54 Å². The third-order valence-corrected chi connectivity index (χ3v) is 3.61. The summed E-state index contributed by atoms with van der Waals surface area (Å²) in [4.78, 5) is 8.53. The molecule has 0 saturated carbocycles. The molecule has 108 valence electrons. The summed E-state index contributed by atoms with van der Waals surface area (Å²) in [5.74, 6) is 0. The SMILES string of the molecule is c1cnc2c(CNCCCCn3ccnc3)cccc2c1. The van der Waals surface area contributed by atoms with E-state index in [4.69, 9.17) is 0 Å². The number of aryl methyl sites for hydroxylation is 1. The van der Waals surface area contributed by atoms with Gasteiger partial charge < -0.3 is 9.88 Å². The summed E-state index contributed by atoms with van der Waals surface area (Å²) in [6.45, 7) is 2.94. The second-order valence-electron chi connectivity index (χ2n) is 5.18. The highest BCUT2D eigenvalue weighted by atomic mass is 15.0. The standard InChI is InChI=1S/C17H20N4/c1(2-11-21-12-10-19-14-21)8-18-13-16-6-3-5-15-7-4-9-20-17(15)16/h3-7,9-10,12,14,18H,1-2,8,11,13H2. The number of imidazole rings is 1. The fourth-order valence-electron chi connectivity index (χ4n) is 2.50. The van der Waals surface area contributed by atoms with Crippen LogP contribution < -0.4 is 5.32 Å². The second-order valence-corrected chi connectivity index (χ2v) is 5.18. The van der Waals surface area contributed by atoms with Crippen LogP contribution in [-0.4, -0.2) is 21.1 Å². The molecule has 2 heterocycles. The Morgan fingerprint density at radius 3 is 2.90 bits per heavy atom. The summed E-state index contributed by atoms with van der Waals surface area (Å²) < 4.78 is 2.12. The van der Waals surface area contributed by atoms with Crippen LogP contribution in [0.25, 0.3) is 10.9 Å². The van der Waals surface area contributed by atoms with E-state index in [2.05, 4.69) is 44.1 Å². The lowest BCUT2D eigenvalue weighted by Crippen LogP contribution is -2.15. The number of fused-ring (bicyclic) bond motifs is 1. The molecule has 0 aliphatic carbocycles. The van der Waals surface area contributed by atoms with E-state index in [1.165, 1.54) is 10.9 Å². The van der Waals surface area contributed by atoms with Gasteiger partial charge >= 0.3 is 0 Å². The fraction of sp³-hybridized carbons (Fsp3) is 0.294.